The molecule has 0 spiro atoms. The van der Waals surface area contributed by atoms with Gasteiger partial charge in [-0.1, -0.05) is 25.4 Å². The normalized spacial score (nSPS) is 13.6. The third-order valence-corrected chi connectivity index (χ3v) is 4.27. The number of nitrogen functional groups attached to an aromatic ring is 1. The number of amides is 1. The molecular formula is C17H28ClN3O3. The van der Waals surface area contributed by atoms with E-state index in [1.54, 1.807) is 13.8 Å². The second kappa shape index (κ2) is 9.71. The first kappa shape index (κ1) is 20.5. The molecule has 4 N–H and O–H groups in total. The third-order valence-electron chi connectivity index (χ3n) is 3.94. The van der Waals surface area contributed by atoms with Gasteiger partial charge in [-0.05, 0) is 33.0 Å². The molecule has 7 heteroatoms. The summed E-state index contributed by atoms with van der Waals surface area (Å²) in [6, 6.07) is 3.01. The van der Waals surface area contributed by atoms with Crippen LogP contribution in [0.2, 0.25) is 5.02 Å². The molecule has 1 amide bonds. The summed E-state index contributed by atoms with van der Waals surface area (Å²) in [5.74, 6) is 0.0301. The fraction of sp³-hybridized carbons (Fsp3) is 0.588. The molecule has 2 atom stereocenters. The molecule has 1 aromatic carbocycles. The number of hydrogen-bond donors (Lipinski definition) is 3. The number of carbonyl (C=O) groups is 1. The van der Waals surface area contributed by atoms with Crippen LogP contribution in [0.25, 0.3) is 0 Å². The van der Waals surface area contributed by atoms with Crippen LogP contribution in [0.4, 0.5) is 5.69 Å². The first-order valence-electron chi connectivity index (χ1n) is 8.24. The van der Waals surface area contributed by atoms with Crippen molar-refractivity contribution in [3.05, 3.63) is 22.7 Å². The van der Waals surface area contributed by atoms with Crippen LogP contribution < -0.4 is 15.8 Å². The monoisotopic (exact) mass is 357 g/mol. The van der Waals surface area contributed by atoms with Gasteiger partial charge in [0.2, 0.25) is 0 Å². The number of ether oxygens (including phenoxy) is 1. The Morgan fingerprint density at radius 1 is 1.38 bits per heavy atom. The molecule has 136 valence electrons. The smallest absolute Gasteiger partial charge is 0.255 e. The van der Waals surface area contributed by atoms with Gasteiger partial charge in [-0.15, -0.1) is 0 Å². The van der Waals surface area contributed by atoms with E-state index in [9.17, 15) is 9.90 Å². The average Bonchev–Trinajstić information content (AvgIpc) is 2.54. The van der Waals surface area contributed by atoms with Gasteiger partial charge in [-0.2, -0.15) is 0 Å². The fourth-order valence-electron chi connectivity index (χ4n) is 2.11. The molecule has 24 heavy (non-hydrogen) atoms. The van der Waals surface area contributed by atoms with Gasteiger partial charge in [0.25, 0.3) is 5.91 Å². The number of likely N-dealkylation sites (N-methyl/N-ethyl adjacent to an activating group) is 1. The SMILES string of the molecule is CCN(CC)CCNC(=O)c1cc(Cl)c(N)cc1O[C@H](C)[C@@H](C)O. The van der Waals surface area contributed by atoms with Gasteiger partial charge in [-0.25, -0.2) is 0 Å². The van der Waals surface area contributed by atoms with Crippen molar-refractivity contribution in [3.8, 4) is 5.75 Å². The second-order valence-corrected chi connectivity index (χ2v) is 6.12. The maximum atomic E-state index is 12.5. The summed E-state index contributed by atoms with van der Waals surface area (Å²) in [5.41, 5.74) is 6.43. The van der Waals surface area contributed by atoms with Crippen LogP contribution in [0.3, 0.4) is 0 Å². The highest BCUT2D eigenvalue weighted by molar-refractivity contribution is 6.33. The first-order chi connectivity index (χ1) is 11.3. The minimum Gasteiger partial charge on any atom is -0.487 e. The first-order valence-corrected chi connectivity index (χ1v) is 8.62. The number of benzene rings is 1. The van der Waals surface area contributed by atoms with Gasteiger partial charge in [0, 0.05) is 19.2 Å². The lowest BCUT2D eigenvalue weighted by Crippen LogP contribution is -2.35. The molecule has 0 saturated carbocycles. The van der Waals surface area contributed by atoms with Crippen molar-refractivity contribution in [2.45, 2.75) is 39.9 Å². The van der Waals surface area contributed by atoms with Crippen LogP contribution in [0.15, 0.2) is 12.1 Å². The lowest BCUT2D eigenvalue weighted by Gasteiger charge is -2.21. The van der Waals surface area contributed by atoms with Gasteiger partial charge in [0.15, 0.2) is 0 Å². The average molecular weight is 358 g/mol. The van der Waals surface area contributed by atoms with Crippen molar-refractivity contribution >= 4 is 23.2 Å². The zero-order valence-electron chi connectivity index (χ0n) is 14.8. The molecule has 0 bridgehead atoms. The molecule has 0 heterocycles. The summed E-state index contributed by atoms with van der Waals surface area (Å²) in [6.07, 6.45) is -1.16. The Morgan fingerprint density at radius 3 is 2.54 bits per heavy atom. The predicted molar refractivity (Wildman–Crippen MR) is 97.8 cm³/mol. The molecule has 0 unspecified atom stereocenters. The minimum atomic E-state index is -0.680. The van der Waals surface area contributed by atoms with Crippen LogP contribution >= 0.6 is 11.6 Å². The Kier molecular flexibility index (Phi) is 8.31. The molecule has 0 aliphatic rings. The topological polar surface area (TPSA) is 87.8 Å². The molecule has 1 aromatic rings. The maximum Gasteiger partial charge on any atom is 0.255 e. The molecule has 0 aromatic heterocycles. The van der Waals surface area contributed by atoms with Crippen molar-refractivity contribution < 1.29 is 14.6 Å². The van der Waals surface area contributed by atoms with Crippen LogP contribution in [0, 0.1) is 0 Å². The Labute approximate surface area is 148 Å². The van der Waals surface area contributed by atoms with Crippen LogP contribution in [-0.2, 0) is 0 Å². The van der Waals surface area contributed by atoms with E-state index < -0.39 is 12.2 Å². The van der Waals surface area contributed by atoms with Crippen LogP contribution in [-0.4, -0.2) is 54.3 Å². The Bertz CT molecular complexity index is 548. The van der Waals surface area contributed by atoms with E-state index in [1.807, 2.05) is 0 Å². The molecule has 0 saturated heterocycles. The molecule has 0 fully saturated rings. The van der Waals surface area contributed by atoms with E-state index in [1.165, 1.54) is 12.1 Å². The van der Waals surface area contributed by atoms with Crippen LogP contribution in [0.5, 0.6) is 5.75 Å². The summed E-state index contributed by atoms with van der Waals surface area (Å²) in [7, 11) is 0. The van der Waals surface area contributed by atoms with Crippen molar-refractivity contribution in [2.24, 2.45) is 0 Å². The summed E-state index contributed by atoms with van der Waals surface area (Å²) >= 11 is 6.04. The maximum absolute atomic E-state index is 12.5. The van der Waals surface area contributed by atoms with Crippen molar-refractivity contribution in [2.75, 3.05) is 31.9 Å². The number of nitrogens with zero attached hydrogens (tertiary/aromatic N) is 1. The zero-order valence-corrected chi connectivity index (χ0v) is 15.6. The number of aliphatic hydroxyl groups excluding tert-OH is 1. The standard InChI is InChI=1S/C17H28ClN3O3/c1-5-21(6-2)8-7-20-17(23)13-9-14(18)15(19)10-16(13)24-12(4)11(3)22/h9-12,22H,5-8,19H2,1-4H3,(H,20,23)/t11-,12-/m1/s1. The van der Waals surface area contributed by atoms with E-state index in [0.29, 0.717) is 28.6 Å². The number of carbonyl (C=O) groups excluding carboxylic acids is 1. The number of halogens is 1. The summed E-state index contributed by atoms with van der Waals surface area (Å²) in [6.45, 7) is 10.6. The van der Waals surface area contributed by atoms with E-state index in [0.717, 1.165) is 19.6 Å². The van der Waals surface area contributed by atoms with E-state index in [4.69, 9.17) is 22.1 Å². The molecule has 0 aliphatic heterocycles. The second-order valence-electron chi connectivity index (χ2n) is 5.72. The van der Waals surface area contributed by atoms with Crippen molar-refractivity contribution in [3.63, 3.8) is 0 Å². The number of anilines is 1. The quantitative estimate of drug-likeness (QED) is 0.589. The fourth-order valence-corrected chi connectivity index (χ4v) is 2.27. The Hall–Kier alpha value is -1.50. The number of aliphatic hydroxyl groups is 1. The number of hydrogen-bond acceptors (Lipinski definition) is 5. The van der Waals surface area contributed by atoms with E-state index >= 15 is 0 Å². The lowest BCUT2D eigenvalue weighted by atomic mass is 10.1. The summed E-state index contributed by atoms with van der Waals surface area (Å²) in [5, 5.41) is 12.8. The van der Waals surface area contributed by atoms with Gasteiger partial charge < -0.3 is 25.8 Å². The molecule has 6 nitrogen and oxygen atoms in total. The van der Waals surface area contributed by atoms with Gasteiger partial charge in [0.05, 0.1) is 22.4 Å². The Balaban J connectivity index is 2.87. The van der Waals surface area contributed by atoms with Crippen LogP contribution in [0.1, 0.15) is 38.1 Å². The van der Waals surface area contributed by atoms with Crippen molar-refractivity contribution in [1.29, 1.82) is 0 Å². The van der Waals surface area contributed by atoms with E-state index in [2.05, 4.69) is 24.1 Å². The van der Waals surface area contributed by atoms with Crippen molar-refractivity contribution in [1.82, 2.24) is 10.2 Å². The summed E-state index contributed by atoms with van der Waals surface area (Å²) < 4.78 is 5.67. The minimum absolute atomic E-state index is 0.281. The molecular weight excluding hydrogens is 330 g/mol. The molecule has 0 radical (unpaired) electrons. The Morgan fingerprint density at radius 2 is 2.00 bits per heavy atom. The summed E-state index contributed by atoms with van der Waals surface area (Å²) in [4.78, 5) is 14.7. The lowest BCUT2D eigenvalue weighted by molar-refractivity contribution is 0.0592. The largest absolute Gasteiger partial charge is 0.487 e. The van der Waals surface area contributed by atoms with Gasteiger partial charge >= 0.3 is 0 Å². The third kappa shape index (κ3) is 5.85. The zero-order chi connectivity index (χ0) is 18.3. The number of rotatable bonds is 9. The number of nitrogens with two attached hydrogens (primary N) is 1. The number of nitrogens with one attached hydrogen (secondary N) is 1. The molecule has 1 rings (SSSR count). The van der Waals surface area contributed by atoms with Gasteiger partial charge in [0.1, 0.15) is 11.9 Å². The predicted octanol–water partition coefficient (Wildman–Crippen LogP) is 2.14. The highest BCUT2D eigenvalue weighted by atomic mass is 35.5. The van der Waals surface area contributed by atoms with Gasteiger partial charge in [-0.3, -0.25) is 4.79 Å². The highest BCUT2D eigenvalue weighted by Crippen LogP contribution is 2.30. The molecule has 0 aliphatic carbocycles. The van der Waals surface area contributed by atoms with E-state index in [-0.39, 0.29) is 5.91 Å². The highest BCUT2D eigenvalue weighted by Gasteiger charge is 2.19.